The average molecular weight is 362 g/mol. The van der Waals surface area contributed by atoms with Crippen molar-refractivity contribution in [3.63, 3.8) is 0 Å². The van der Waals surface area contributed by atoms with Gasteiger partial charge in [0.2, 0.25) is 0 Å². The van der Waals surface area contributed by atoms with Gasteiger partial charge in [-0.15, -0.1) is 0 Å². The number of rotatable bonds is 2. The summed E-state index contributed by atoms with van der Waals surface area (Å²) >= 11 is 0. The van der Waals surface area contributed by atoms with Crippen molar-refractivity contribution in [2.45, 2.75) is 38.1 Å². The lowest BCUT2D eigenvalue weighted by atomic mass is 9.83. The number of nitrogens with zero attached hydrogens (tertiary/aromatic N) is 2. The monoisotopic (exact) mass is 361 g/mol. The largest absolute Gasteiger partial charge is 0.314 e. The second kappa shape index (κ2) is 11.5. The Bertz CT molecular complexity index is 633. The van der Waals surface area contributed by atoms with E-state index in [4.69, 9.17) is 0 Å². The van der Waals surface area contributed by atoms with Gasteiger partial charge in [0, 0.05) is 44.1 Å². The maximum absolute atomic E-state index is 3.78. The second-order valence-corrected chi connectivity index (χ2v) is 7.29. The van der Waals surface area contributed by atoms with Gasteiger partial charge in [-0.1, -0.05) is 55.4 Å². The average Bonchev–Trinajstić information content (AvgIpc) is 2.78. The summed E-state index contributed by atoms with van der Waals surface area (Å²) in [5.41, 5.74) is 1.15. The van der Waals surface area contributed by atoms with Crippen LogP contribution in [0.25, 0.3) is 0 Å². The summed E-state index contributed by atoms with van der Waals surface area (Å²) in [6.45, 7) is 4.50. The molecule has 0 radical (unpaired) electrons. The standard InChI is InChI=1S/C19H26N2.C5H5N/c1-3-7-17(8-4-1)11-12-19(18-9-5-2-6-10-18)21-15-13-20-14-16-21;1-2-4-6-5-3-1/h1,3-4,7-8,18-20H,2,5-6,9-10,13-16H2;1-5H. The molecule has 27 heavy (non-hydrogen) atoms. The fourth-order valence-corrected chi connectivity index (χ4v) is 3.91. The first-order valence-corrected chi connectivity index (χ1v) is 10.3. The lowest BCUT2D eigenvalue weighted by Crippen LogP contribution is -2.50. The Morgan fingerprint density at radius 2 is 1.56 bits per heavy atom. The van der Waals surface area contributed by atoms with Gasteiger partial charge in [0.05, 0.1) is 6.04 Å². The molecule has 0 amide bonds. The predicted molar refractivity (Wildman–Crippen MR) is 112 cm³/mol. The molecule has 2 aliphatic rings. The Morgan fingerprint density at radius 1 is 0.889 bits per heavy atom. The van der Waals surface area contributed by atoms with Gasteiger partial charge in [-0.2, -0.15) is 0 Å². The Balaban J connectivity index is 0.000000299. The van der Waals surface area contributed by atoms with Crippen LogP contribution in [0.4, 0.5) is 0 Å². The van der Waals surface area contributed by atoms with Gasteiger partial charge in [0.25, 0.3) is 0 Å². The minimum atomic E-state index is 0.451. The second-order valence-electron chi connectivity index (χ2n) is 7.29. The number of hydrogen-bond acceptors (Lipinski definition) is 3. The fraction of sp³-hybridized carbons (Fsp3) is 0.458. The maximum atomic E-state index is 3.78. The molecule has 0 spiro atoms. The highest BCUT2D eigenvalue weighted by Crippen LogP contribution is 2.29. The van der Waals surface area contributed by atoms with Crippen molar-refractivity contribution >= 4 is 0 Å². The smallest absolute Gasteiger partial charge is 0.0747 e. The molecule has 1 unspecified atom stereocenters. The molecule has 142 valence electrons. The zero-order chi connectivity index (χ0) is 18.6. The van der Waals surface area contributed by atoms with E-state index in [2.05, 4.69) is 57.4 Å². The minimum absolute atomic E-state index is 0.451. The van der Waals surface area contributed by atoms with Crippen LogP contribution in [0.5, 0.6) is 0 Å². The first kappa shape index (κ1) is 19.6. The van der Waals surface area contributed by atoms with Crippen LogP contribution in [0.15, 0.2) is 60.9 Å². The summed E-state index contributed by atoms with van der Waals surface area (Å²) in [4.78, 5) is 6.40. The van der Waals surface area contributed by atoms with Crippen molar-refractivity contribution in [2.24, 2.45) is 5.92 Å². The van der Waals surface area contributed by atoms with E-state index in [1.165, 1.54) is 32.1 Å². The Kier molecular flexibility index (Phi) is 8.38. The number of aromatic nitrogens is 1. The third-order valence-electron chi connectivity index (χ3n) is 5.35. The van der Waals surface area contributed by atoms with Gasteiger partial charge >= 0.3 is 0 Å². The quantitative estimate of drug-likeness (QED) is 0.820. The highest BCUT2D eigenvalue weighted by Gasteiger charge is 2.28. The topological polar surface area (TPSA) is 28.2 Å². The van der Waals surface area contributed by atoms with Gasteiger partial charge in [0.15, 0.2) is 0 Å². The van der Waals surface area contributed by atoms with Crippen molar-refractivity contribution in [1.29, 1.82) is 0 Å². The Morgan fingerprint density at radius 3 is 2.15 bits per heavy atom. The molecular formula is C24H31N3. The fourth-order valence-electron chi connectivity index (χ4n) is 3.91. The molecule has 3 nitrogen and oxygen atoms in total. The molecule has 2 heterocycles. The van der Waals surface area contributed by atoms with Crippen molar-refractivity contribution in [1.82, 2.24) is 15.2 Å². The van der Waals surface area contributed by atoms with E-state index < -0.39 is 0 Å². The molecule has 1 aromatic heterocycles. The maximum Gasteiger partial charge on any atom is 0.0747 e. The number of benzene rings is 1. The van der Waals surface area contributed by atoms with Crippen LogP contribution in [-0.2, 0) is 0 Å². The zero-order valence-corrected chi connectivity index (χ0v) is 16.2. The van der Waals surface area contributed by atoms with E-state index in [1.807, 2.05) is 18.2 Å². The third kappa shape index (κ3) is 6.82. The molecule has 1 saturated carbocycles. The van der Waals surface area contributed by atoms with Gasteiger partial charge in [-0.25, -0.2) is 0 Å². The number of piperazine rings is 1. The zero-order valence-electron chi connectivity index (χ0n) is 16.2. The predicted octanol–water partition coefficient (Wildman–Crippen LogP) is 3.97. The molecule has 1 N–H and O–H groups in total. The summed E-state index contributed by atoms with van der Waals surface area (Å²) in [6, 6.07) is 16.6. The van der Waals surface area contributed by atoms with Crippen molar-refractivity contribution in [2.75, 3.05) is 26.2 Å². The molecule has 1 atom stereocenters. The summed E-state index contributed by atoms with van der Waals surface area (Å²) in [7, 11) is 0. The number of pyridine rings is 1. The lowest BCUT2D eigenvalue weighted by Gasteiger charge is -2.38. The van der Waals surface area contributed by atoms with Gasteiger partial charge < -0.3 is 5.32 Å². The van der Waals surface area contributed by atoms with Crippen LogP contribution >= 0.6 is 0 Å². The van der Waals surface area contributed by atoms with Crippen LogP contribution in [0.2, 0.25) is 0 Å². The molecule has 1 saturated heterocycles. The summed E-state index contributed by atoms with van der Waals surface area (Å²) in [5, 5.41) is 3.46. The van der Waals surface area contributed by atoms with Gasteiger partial charge in [-0.05, 0) is 43.0 Å². The molecule has 4 rings (SSSR count). The van der Waals surface area contributed by atoms with E-state index in [1.54, 1.807) is 12.4 Å². The number of nitrogens with one attached hydrogen (secondary N) is 1. The Labute approximate surface area is 164 Å². The highest BCUT2D eigenvalue weighted by atomic mass is 15.2. The molecular weight excluding hydrogens is 330 g/mol. The van der Waals surface area contributed by atoms with Crippen molar-refractivity contribution in [3.05, 3.63) is 66.5 Å². The normalized spacial score (nSPS) is 19.1. The summed E-state index contributed by atoms with van der Waals surface area (Å²) < 4.78 is 0. The van der Waals surface area contributed by atoms with Crippen LogP contribution in [0.1, 0.15) is 37.7 Å². The van der Waals surface area contributed by atoms with Crippen molar-refractivity contribution in [3.8, 4) is 11.8 Å². The van der Waals surface area contributed by atoms with Gasteiger partial charge in [0.1, 0.15) is 0 Å². The molecule has 3 heteroatoms. The van der Waals surface area contributed by atoms with Crippen LogP contribution in [0.3, 0.4) is 0 Å². The van der Waals surface area contributed by atoms with Gasteiger partial charge in [-0.3, -0.25) is 9.88 Å². The van der Waals surface area contributed by atoms with Crippen molar-refractivity contribution < 1.29 is 0 Å². The molecule has 1 aromatic carbocycles. The van der Waals surface area contributed by atoms with E-state index in [9.17, 15) is 0 Å². The SMILES string of the molecule is C(#CC(C1CCCCC1)N1CCNCC1)c1ccccc1.c1ccncc1. The van der Waals surface area contributed by atoms with Crippen LogP contribution in [-0.4, -0.2) is 42.1 Å². The first-order valence-electron chi connectivity index (χ1n) is 10.3. The first-order chi connectivity index (χ1) is 13.4. The molecule has 2 aromatic rings. The van der Waals surface area contributed by atoms with E-state index in [-0.39, 0.29) is 0 Å². The minimum Gasteiger partial charge on any atom is -0.314 e. The molecule has 1 aliphatic heterocycles. The highest BCUT2D eigenvalue weighted by molar-refractivity contribution is 5.35. The summed E-state index contributed by atoms with van der Waals surface area (Å²) in [6.07, 6.45) is 10.4. The molecule has 1 aliphatic carbocycles. The Hall–Kier alpha value is -2.15. The molecule has 0 bridgehead atoms. The molecule has 2 fully saturated rings. The van der Waals surface area contributed by atoms with E-state index >= 15 is 0 Å². The summed E-state index contributed by atoms with van der Waals surface area (Å²) in [5.74, 6) is 7.82. The van der Waals surface area contributed by atoms with Crippen LogP contribution in [0, 0.1) is 17.8 Å². The van der Waals surface area contributed by atoms with Crippen LogP contribution < -0.4 is 5.32 Å². The third-order valence-corrected chi connectivity index (χ3v) is 5.35. The number of hydrogen-bond donors (Lipinski definition) is 1. The van der Waals surface area contributed by atoms with E-state index in [0.717, 1.165) is 37.7 Å². The lowest BCUT2D eigenvalue weighted by molar-refractivity contribution is 0.140. The van der Waals surface area contributed by atoms with E-state index in [0.29, 0.717) is 6.04 Å².